The summed E-state index contributed by atoms with van der Waals surface area (Å²) < 4.78 is 15.0. The summed E-state index contributed by atoms with van der Waals surface area (Å²) in [6.45, 7) is 3.71. The highest BCUT2D eigenvalue weighted by Gasteiger charge is 2.11. The van der Waals surface area contributed by atoms with Crippen molar-refractivity contribution in [3.63, 3.8) is 0 Å². The predicted molar refractivity (Wildman–Crippen MR) is 69.7 cm³/mol. The summed E-state index contributed by atoms with van der Waals surface area (Å²) in [5, 5.41) is 4.29. The minimum Gasteiger partial charge on any atom is -0.324 e. The molecule has 4 heteroatoms. The number of nitrogens with two attached hydrogens (primary N) is 1. The van der Waals surface area contributed by atoms with Crippen LogP contribution < -0.4 is 5.73 Å². The number of benzene rings is 1. The number of aryl methyl sites for hydroxylation is 3. The van der Waals surface area contributed by atoms with Gasteiger partial charge in [0.15, 0.2) is 0 Å². The van der Waals surface area contributed by atoms with Crippen molar-refractivity contribution >= 4 is 0 Å². The second-order valence-corrected chi connectivity index (χ2v) is 4.72. The van der Waals surface area contributed by atoms with Gasteiger partial charge in [0, 0.05) is 25.2 Å². The Hall–Kier alpha value is -1.68. The summed E-state index contributed by atoms with van der Waals surface area (Å²) in [6, 6.07) is 6.91. The Morgan fingerprint density at radius 2 is 2.06 bits per heavy atom. The molecular weight excluding hydrogens is 229 g/mol. The summed E-state index contributed by atoms with van der Waals surface area (Å²) in [4.78, 5) is 0. The molecule has 0 radical (unpaired) electrons. The third kappa shape index (κ3) is 2.59. The van der Waals surface area contributed by atoms with Crippen LogP contribution in [0.3, 0.4) is 0 Å². The molecule has 0 saturated heterocycles. The van der Waals surface area contributed by atoms with Crippen LogP contribution in [0.1, 0.15) is 28.6 Å². The van der Waals surface area contributed by atoms with Crippen LogP contribution >= 0.6 is 0 Å². The predicted octanol–water partition coefficient (Wildman–Crippen LogP) is 2.42. The van der Waals surface area contributed by atoms with Crippen LogP contribution in [0, 0.1) is 19.7 Å². The van der Waals surface area contributed by atoms with Gasteiger partial charge in [-0.15, -0.1) is 0 Å². The molecule has 0 aliphatic rings. The minimum atomic E-state index is -0.192. The van der Waals surface area contributed by atoms with Crippen molar-refractivity contribution in [2.45, 2.75) is 26.3 Å². The smallest absolute Gasteiger partial charge is 0.126 e. The zero-order chi connectivity index (χ0) is 13.3. The van der Waals surface area contributed by atoms with E-state index in [9.17, 15) is 4.39 Å². The van der Waals surface area contributed by atoms with Crippen molar-refractivity contribution < 1.29 is 4.39 Å². The van der Waals surface area contributed by atoms with Gasteiger partial charge in [0.2, 0.25) is 0 Å². The molecule has 0 saturated carbocycles. The summed E-state index contributed by atoms with van der Waals surface area (Å²) in [5.74, 6) is -0.192. The molecular formula is C14H18FN3. The van der Waals surface area contributed by atoms with Gasteiger partial charge in [-0.1, -0.05) is 12.1 Å². The Labute approximate surface area is 106 Å². The van der Waals surface area contributed by atoms with Crippen LogP contribution in [-0.4, -0.2) is 9.78 Å². The first-order valence-corrected chi connectivity index (χ1v) is 5.98. The first-order valence-electron chi connectivity index (χ1n) is 5.98. The highest BCUT2D eigenvalue weighted by atomic mass is 19.1. The third-order valence-electron chi connectivity index (χ3n) is 3.14. The van der Waals surface area contributed by atoms with Gasteiger partial charge in [0.25, 0.3) is 0 Å². The molecule has 1 atom stereocenters. The zero-order valence-electron chi connectivity index (χ0n) is 10.9. The Morgan fingerprint density at radius 3 is 2.61 bits per heavy atom. The summed E-state index contributed by atoms with van der Waals surface area (Å²) in [5.41, 5.74) is 9.81. The van der Waals surface area contributed by atoms with Gasteiger partial charge >= 0.3 is 0 Å². The van der Waals surface area contributed by atoms with Crippen molar-refractivity contribution in [3.8, 4) is 0 Å². The van der Waals surface area contributed by atoms with E-state index in [4.69, 9.17) is 5.73 Å². The monoisotopic (exact) mass is 247 g/mol. The van der Waals surface area contributed by atoms with Gasteiger partial charge in [-0.3, -0.25) is 4.68 Å². The van der Waals surface area contributed by atoms with Crippen LogP contribution in [0.25, 0.3) is 0 Å². The van der Waals surface area contributed by atoms with E-state index in [0.717, 1.165) is 17.0 Å². The minimum absolute atomic E-state index is 0.140. The van der Waals surface area contributed by atoms with E-state index in [1.807, 2.05) is 30.8 Å². The molecule has 0 spiro atoms. The van der Waals surface area contributed by atoms with Crippen molar-refractivity contribution in [2.24, 2.45) is 12.8 Å². The van der Waals surface area contributed by atoms with Gasteiger partial charge < -0.3 is 5.73 Å². The summed E-state index contributed by atoms with van der Waals surface area (Å²) in [7, 11) is 1.91. The number of hydrogen-bond donors (Lipinski definition) is 1. The topological polar surface area (TPSA) is 43.8 Å². The number of aromatic nitrogens is 2. The maximum Gasteiger partial charge on any atom is 0.126 e. The van der Waals surface area contributed by atoms with Crippen molar-refractivity contribution in [2.75, 3.05) is 0 Å². The Bertz CT molecular complexity index is 560. The fourth-order valence-electron chi connectivity index (χ4n) is 2.10. The highest BCUT2D eigenvalue weighted by Crippen LogP contribution is 2.19. The molecule has 2 aromatic rings. The van der Waals surface area contributed by atoms with Crippen LogP contribution in [-0.2, 0) is 13.5 Å². The van der Waals surface area contributed by atoms with E-state index in [2.05, 4.69) is 5.10 Å². The van der Waals surface area contributed by atoms with E-state index >= 15 is 0 Å². The largest absolute Gasteiger partial charge is 0.324 e. The molecule has 0 amide bonds. The molecule has 0 aliphatic heterocycles. The second kappa shape index (κ2) is 4.90. The molecule has 0 fully saturated rings. The molecule has 0 aliphatic carbocycles. The Morgan fingerprint density at radius 1 is 1.33 bits per heavy atom. The van der Waals surface area contributed by atoms with Crippen molar-refractivity contribution in [1.29, 1.82) is 0 Å². The fourth-order valence-corrected chi connectivity index (χ4v) is 2.10. The average Bonchev–Trinajstić information content (AvgIpc) is 2.61. The maximum absolute atomic E-state index is 13.2. The molecule has 1 aromatic heterocycles. The first kappa shape index (κ1) is 12.8. The fraction of sp³-hybridized carbons (Fsp3) is 0.357. The molecule has 3 nitrogen and oxygen atoms in total. The SMILES string of the molecule is Cc1cc(CC(N)c2ccc(F)c(C)c2)n(C)n1. The van der Waals surface area contributed by atoms with E-state index in [-0.39, 0.29) is 11.9 Å². The molecule has 0 bridgehead atoms. The van der Waals surface area contributed by atoms with Gasteiger partial charge in [0.05, 0.1) is 5.69 Å². The maximum atomic E-state index is 13.2. The second-order valence-electron chi connectivity index (χ2n) is 4.72. The quantitative estimate of drug-likeness (QED) is 0.905. The molecule has 2 N–H and O–H groups in total. The molecule has 18 heavy (non-hydrogen) atoms. The number of halogens is 1. The van der Waals surface area contributed by atoms with Crippen LogP contribution in [0.2, 0.25) is 0 Å². The first-order chi connectivity index (χ1) is 8.47. The van der Waals surface area contributed by atoms with E-state index in [1.165, 1.54) is 6.07 Å². The lowest BCUT2D eigenvalue weighted by Crippen LogP contribution is -2.15. The van der Waals surface area contributed by atoms with Gasteiger partial charge in [-0.25, -0.2) is 4.39 Å². The van der Waals surface area contributed by atoms with Gasteiger partial charge in [-0.05, 0) is 37.1 Å². The van der Waals surface area contributed by atoms with Crippen molar-refractivity contribution in [1.82, 2.24) is 9.78 Å². The molecule has 1 aromatic carbocycles. The summed E-state index contributed by atoms with van der Waals surface area (Å²) in [6.07, 6.45) is 0.697. The van der Waals surface area contributed by atoms with Gasteiger partial charge in [-0.2, -0.15) is 5.10 Å². The summed E-state index contributed by atoms with van der Waals surface area (Å²) >= 11 is 0. The average molecular weight is 247 g/mol. The van der Waals surface area contributed by atoms with Crippen LogP contribution in [0.4, 0.5) is 4.39 Å². The van der Waals surface area contributed by atoms with E-state index in [0.29, 0.717) is 12.0 Å². The van der Waals surface area contributed by atoms with Crippen LogP contribution in [0.15, 0.2) is 24.3 Å². The van der Waals surface area contributed by atoms with E-state index in [1.54, 1.807) is 13.0 Å². The highest BCUT2D eigenvalue weighted by molar-refractivity contribution is 5.27. The lowest BCUT2D eigenvalue weighted by molar-refractivity contribution is 0.611. The normalized spacial score (nSPS) is 12.7. The molecule has 1 heterocycles. The zero-order valence-corrected chi connectivity index (χ0v) is 10.9. The standard InChI is InChI=1S/C14H18FN3/c1-9-6-11(4-5-13(9)15)14(16)8-12-7-10(2)17-18(12)3/h4-7,14H,8,16H2,1-3H3. The van der Waals surface area contributed by atoms with E-state index < -0.39 is 0 Å². The van der Waals surface area contributed by atoms with Crippen molar-refractivity contribution in [3.05, 3.63) is 52.6 Å². The molecule has 2 rings (SSSR count). The lowest BCUT2D eigenvalue weighted by atomic mass is 10.0. The van der Waals surface area contributed by atoms with Crippen LogP contribution in [0.5, 0.6) is 0 Å². The Balaban J connectivity index is 2.19. The number of hydrogen-bond acceptors (Lipinski definition) is 2. The molecule has 96 valence electrons. The number of rotatable bonds is 3. The molecule has 1 unspecified atom stereocenters. The van der Waals surface area contributed by atoms with Gasteiger partial charge in [0.1, 0.15) is 5.82 Å². The third-order valence-corrected chi connectivity index (χ3v) is 3.14. The lowest BCUT2D eigenvalue weighted by Gasteiger charge is -2.13. The number of nitrogens with zero attached hydrogens (tertiary/aromatic N) is 2. The Kier molecular flexibility index (Phi) is 3.48.